The number of nitrogens with zero attached hydrogens (tertiary/aromatic N) is 3. The van der Waals surface area contributed by atoms with Crippen LogP contribution in [0.25, 0.3) is 0 Å². The van der Waals surface area contributed by atoms with Crippen LogP contribution in [0.4, 0.5) is 0 Å². The number of carboxylic acid groups (broad SMARTS) is 1. The van der Waals surface area contributed by atoms with Gasteiger partial charge >= 0.3 is 5.97 Å². The maximum Gasteiger partial charge on any atom is 0.340 e. The summed E-state index contributed by atoms with van der Waals surface area (Å²) in [7, 11) is 1.64. The Morgan fingerprint density at radius 2 is 2.28 bits per heavy atom. The molecule has 0 fully saturated rings. The first-order chi connectivity index (χ1) is 8.49. The second kappa shape index (κ2) is 4.65. The number of carbonyl (C=O) groups is 1. The van der Waals surface area contributed by atoms with Crippen molar-refractivity contribution < 1.29 is 9.90 Å². The number of nitrogens with one attached hydrogen (secondary N) is 1. The molecule has 0 radical (unpaired) electrons. The Hall–Kier alpha value is -2.09. The van der Waals surface area contributed by atoms with Gasteiger partial charge in [-0.2, -0.15) is 5.10 Å². The Morgan fingerprint density at radius 3 is 2.89 bits per heavy atom. The normalized spacial score (nSPS) is 10.6. The van der Waals surface area contributed by atoms with E-state index in [-0.39, 0.29) is 11.1 Å². The molecule has 2 heterocycles. The molecule has 0 atom stereocenters. The third kappa shape index (κ3) is 2.28. The van der Waals surface area contributed by atoms with Gasteiger partial charge in [0.15, 0.2) is 5.16 Å². The van der Waals surface area contributed by atoms with Crippen LogP contribution in [0.3, 0.4) is 0 Å². The number of rotatable bonds is 3. The van der Waals surface area contributed by atoms with E-state index in [1.54, 1.807) is 14.0 Å². The van der Waals surface area contributed by atoms with Crippen molar-refractivity contribution in [2.24, 2.45) is 7.05 Å². The molecule has 0 saturated heterocycles. The van der Waals surface area contributed by atoms with E-state index in [0.29, 0.717) is 15.9 Å². The van der Waals surface area contributed by atoms with Gasteiger partial charge in [0.05, 0.1) is 5.69 Å². The lowest BCUT2D eigenvalue weighted by atomic mass is 10.3. The van der Waals surface area contributed by atoms with E-state index in [0.717, 1.165) is 11.8 Å². The molecular weight excluding hydrogens is 256 g/mol. The predicted molar refractivity (Wildman–Crippen MR) is 63.9 cm³/mol. The summed E-state index contributed by atoms with van der Waals surface area (Å²) in [5.74, 6) is -1.05. The van der Waals surface area contributed by atoms with Crippen molar-refractivity contribution in [3.05, 3.63) is 33.9 Å². The first-order valence-corrected chi connectivity index (χ1v) is 5.80. The quantitative estimate of drug-likeness (QED) is 0.791. The van der Waals surface area contributed by atoms with Crippen LogP contribution < -0.4 is 5.56 Å². The molecular formula is C10H10N4O3S. The third-order valence-electron chi connectivity index (χ3n) is 2.22. The molecule has 0 bridgehead atoms. The predicted octanol–water partition coefficient (Wildman–Crippen LogP) is 0.661. The molecule has 0 aromatic carbocycles. The van der Waals surface area contributed by atoms with Gasteiger partial charge in [0, 0.05) is 19.3 Å². The summed E-state index contributed by atoms with van der Waals surface area (Å²) in [6.45, 7) is 1.62. The summed E-state index contributed by atoms with van der Waals surface area (Å²) in [6.07, 6.45) is 1.37. The molecule has 18 heavy (non-hydrogen) atoms. The van der Waals surface area contributed by atoms with Crippen molar-refractivity contribution in [1.82, 2.24) is 19.7 Å². The zero-order valence-corrected chi connectivity index (χ0v) is 10.5. The standard InChI is InChI=1S/C10H10N4O3S/c1-5-7(9(16)17)8(14(2)13-5)18-10-11-4-3-6(15)12-10/h3-4H,1-2H3,(H,16,17)(H,11,12,15). The highest BCUT2D eigenvalue weighted by molar-refractivity contribution is 7.99. The van der Waals surface area contributed by atoms with Crippen LogP contribution in [-0.2, 0) is 7.05 Å². The maximum atomic E-state index is 11.2. The number of hydrogen-bond acceptors (Lipinski definition) is 5. The molecule has 8 heteroatoms. The van der Waals surface area contributed by atoms with Crippen LogP contribution >= 0.6 is 11.8 Å². The van der Waals surface area contributed by atoms with E-state index in [4.69, 9.17) is 5.11 Å². The molecule has 0 saturated carbocycles. The number of aromatic nitrogens is 4. The summed E-state index contributed by atoms with van der Waals surface area (Å²) < 4.78 is 1.45. The van der Waals surface area contributed by atoms with Crippen molar-refractivity contribution in [3.8, 4) is 0 Å². The number of aromatic carboxylic acids is 1. The van der Waals surface area contributed by atoms with E-state index >= 15 is 0 Å². The molecule has 2 aromatic heterocycles. The minimum absolute atomic E-state index is 0.119. The minimum Gasteiger partial charge on any atom is -0.478 e. The van der Waals surface area contributed by atoms with Gasteiger partial charge in [-0.25, -0.2) is 9.78 Å². The molecule has 2 aromatic rings. The minimum atomic E-state index is -1.05. The Morgan fingerprint density at radius 1 is 1.56 bits per heavy atom. The lowest BCUT2D eigenvalue weighted by molar-refractivity contribution is 0.0692. The fourth-order valence-corrected chi connectivity index (χ4v) is 2.45. The monoisotopic (exact) mass is 266 g/mol. The van der Waals surface area contributed by atoms with Gasteiger partial charge in [-0.1, -0.05) is 0 Å². The van der Waals surface area contributed by atoms with Crippen LogP contribution in [0, 0.1) is 6.92 Å². The number of aryl methyl sites for hydroxylation is 2. The van der Waals surface area contributed by atoms with Gasteiger partial charge in [0.25, 0.3) is 5.56 Å². The average Bonchev–Trinajstić information content (AvgIpc) is 2.53. The molecule has 2 rings (SSSR count). The maximum absolute atomic E-state index is 11.2. The van der Waals surface area contributed by atoms with Crippen LogP contribution in [-0.4, -0.2) is 30.8 Å². The molecule has 0 unspecified atom stereocenters. The molecule has 2 N–H and O–H groups in total. The lowest BCUT2D eigenvalue weighted by Crippen LogP contribution is -2.06. The zero-order valence-electron chi connectivity index (χ0n) is 9.67. The SMILES string of the molecule is Cc1nn(C)c(Sc2nccc(=O)[nH]2)c1C(=O)O. The fourth-order valence-electron chi connectivity index (χ4n) is 1.50. The fraction of sp³-hybridized carbons (Fsp3) is 0.200. The summed E-state index contributed by atoms with van der Waals surface area (Å²) in [6, 6.07) is 1.29. The van der Waals surface area contributed by atoms with Crippen LogP contribution in [0.1, 0.15) is 16.1 Å². The highest BCUT2D eigenvalue weighted by atomic mass is 32.2. The number of hydrogen-bond donors (Lipinski definition) is 2. The lowest BCUT2D eigenvalue weighted by Gasteiger charge is -2.02. The zero-order chi connectivity index (χ0) is 13.3. The first-order valence-electron chi connectivity index (χ1n) is 4.99. The van der Waals surface area contributed by atoms with Gasteiger partial charge in [0.2, 0.25) is 0 Å². The summed E-state index contributed by atoms with van der Waals surface area (Å²) in [4.78, 5) is 28.8. The Kier molecular flexibility index (Phi) is 3.19. The number of carboxylic acids is 1. The van der Waals surface area contributed by atoms with E-state index < -0.39 is 5.97 Å². The molecule has 7 nitrogen and oxygen atoms in total. The Labute approximate surface area is 106 Å². The molecule has 0 aliphatic rings. The van der Waals surface area contributed by atoms with E-state index in [1.807, 2.05) is 0 Å². The first kappa shape index (κ1) is 12.4. The second-order valence-corrected chi connectivity index (χ2v) is 4.51. The van der Waals surface area contributed by atoms with Gasteiger partial charge in [-0.3, -0.25) is 9.48 Å². The van der Waals surface area contributed by atoms with E-state index in [9.17, 15) is 9.59 Å². The molecule has 0 aliphatic carbocycles. The van der Waals surface area contributed by atoms with Crippen molar-refractivity contribution in [2.75, 3.05) is 0 Å². The number of H-pyrrole nitrogens is 1. The van der Waals surface area contributed by atoms with Crippen molar-refractivity contribution in [1.29, 1.82) is 0 Å². The second-order valence-electron chi connectivity index (χ2n) is 3.54. The Bertz CT molecular complexity index is 661. The third-order valence-corrected chi connectivity index (χ3v) is 3.29. The summed E-state index contributed by atoms with van der Waals surface area (Å²) in [5.41, 5.74) is 0.253. The molecule has 0 aliphatic heterocycles. The van der Waals surface area contributed by atoms with E-state index in [1.165, 1.54) is 16.9 Å². The van der Waals surface area contributed by atoms with Gasteiger partial charge in [-0.05, 0) is 18.7 Å². The summed E-state index contributed by atoms with van der Waals surface area (Å²) in [5, 5.41) is 13.9. The number of aromatic amines is 1. The van der Waals surface area contributed by atoms with Crippen LogP contribution in [0.15, 0.2) is 27.2 Å². The molecule has 0 amide bonds. The van der Waals surface area contributed by atoms with Crippen molar-refractivity contribution in [2.45, 2.75) is 17.1 Å². The van der Waals surface area contributed by atoms with Gasteiger partial charge in [0.1, 0.15) is 10.6 Å². The van der Waals surface area contributed by atoms with Crippen molar-refractivity contribution in [3.63, 3.8) is 0 Å². The van der Waals surface area contributed by atoms with Crippen molar-refractivity contribution >= 4 is 17.7 Å². The van der Waals surface area contributed by atoms with Gasteiger partial charge in [-0.15, -0.1) is 0 Å². The topological polar surface area (TPSA) is 101 Å². The highest BCUT2D eigenvalue weighted by Gasteiger charge is 2.21. The van der Waals surface area contributed by atoms with Crippen LogP contribution in [0.5, 0.6) is 0 Å². The van der Waals surface area contributed by atoms with E-state index in [2.05, 4.69) is 15.1 Å². The van der Waals surface area contributed by atoms with Crippen LogP contribution in [0.2, 0.25) is 0 Å². The summed E-state index contributed by atoms with van der Waals surface area (Å²) >= 11 is 1.06. The average molecular weight is 266 g/mol. The molecule has 94 valence electrons. The Balaban J connectivity index is 2.46. The highest BCUT2D eigenvalue weighted by Crippen LogP contribution is 2.28. The van der Waals surface area contributed by atoms with Gasteiger partial charge < -0.3 is 10.1 Å². The largest absolute Gasteiger partial charge is 0.478 e. The smallest absolute Gasteiger partial charge is 0.340 e. The molecule has 0 spiro atoms.